The zero-order chi connectivity index (χ0) is 11.6. The predicted molar refractivity (Wildman–Crippen MR) is 55.6 cm³/mol. The fraction of sp³-hybridized carbons (Fsp3) is 0.818. The van der Waals surface area contributed by atoms with E-state index >= 15 is 0 Å². The molecule has 2 fully saturated rings. The highest BCUT2D eigenvalue weighted by atomic mass is 16.5. The topological polar surface area (TPSA) is 66.8 Å². The fourth-order valence-corrected chi connectivity index (χ4v) is 2.18. The Morgan fingerprint density at radius 1 is 1.19 bits per heavy atom. The minimum atomic E-state index is -0.944. The van der Waals surface area contributed by atoms with Crippen LogP contribution >= 0.6 is 0 Å². The van der Waals surface area contributed by atoms with Gasteiger partial charge in [-0.2, -0.15) is 0 Å². The Balaban J connectivity index is 2.01. The molecular weight excluding hydrogens is 210 g/mol. The summed E-state index contributed by atoms with van der Waals surface area (Å²) in [6.07, 6.45) is 2.44. The lowest BCUT2D eigenvalue weighted by atomic mass is 9.93. The van der Waals surface area contributed by atoms with Crippen molar-refractivity contribution in [2.45, 2.75) is 37.7 Å². The number of β-amino-alcohol motifs (C(OH)–C–C–N with tert-alkyl or cyclic N) is 1. The minimum Gasteiger partial charge on any atom is -0.388 e. The number of likely N-dealkylation sites (tertiary alicyclic amines) is 1. The third kappa shape index (κ3) is 2.41. The SMILES string of the molecule is O=C1CCCC(=O)N1CC1(O)CCOCC1. The molecule has 0 aliphatic carbocycles. The van der Waals surface area contributed by atoms with E-state index < -0.39 is 5.60 Å². The summed E-state index contributed by atoms with van der Waals surface area (Å²) in [6.45, 7) is 1.12. The highest BCUT2D eigenvalue weighted by Gasteiger charge is 2.37. The van der Waals surface area contributed by atoms with Crippen LogP contribution in [-0.4, -0.2) is 47.2 Å². The van der Waals surface area contributed by atoms with Gasteiger partial charge in [-0.05, 0) is 6.42 Å². The van der Waals surface area contributed by atoms with E-state index in [1.807, 2.05) is 0 Å². The average molecular weight is 227 g/mol. The summed E-state index contributed by atoms with van der Waals surface area (Å²) in [5, 5.41) is 10.2. The van der Waals surface area contributed by atoms with Crippen LogP contribution in [0.4, 0.5) is 0 Å². The lowest BCUT2D eigenvalue weighted by Crippen LogP contribution is -2.52. The summed E-state index contributed by atoms with van der Waals surface area (Å²) in [4.78, 5) is 24.4. The monoisotopic (exact) mass is 227 g/mol. The average Bonchev–Trinajstić information content (AvgIpc) is 2.25. The third-order valence-electron chi connectivity index (χ3n) is 3.26. The number of amides is 2. The number of ether oxygens (including phenoxy) is 1. The largest absolute Gasteiger partial charge is 0.388 e. The smallest absolute Gasteiger partial charge is 0.229 e. The number of piperidine rings is 1. The summed E-state index contributed by atoms with van der Waals surface area (Å²) in [5.74, 6) is -0.313. The minimum absolute atomic E-state index is 0.133. The molecule has 0 unspecified atom stereocenters. The molecule has 2 saturated heterocycles. The molecule has 0 radical (unpaired) electrons. The van der Waals surface area contributed by atoms with E-state index in [9.17, 15) is 14.7 Å². The van der Waals surface area contributed by atoms with Gasteiger partial charge in [0, 0.05) is 38.9 Å². The molecule has 1 N–H and O–H groups in total. The molecule has 2 aliphatic heterocycles. The normalized spacial score (nSPS) is 25.9. The van der Waals surface area contributed by atoms with Crippen LogP contribution in [0.3, 0.4) is 0 Å². The molecule has 16 heavy (non-hydrogen) atoms. The van der Waals surface area contributed by atoms with Gasteiger partial charge in [0.2, 0.25) is 11.8 Å². The molecule has 90 valence electrons. The van der Waals surface area contributed by atoms with Crippen LogP contribution in [0.1, 0.15) is 32.1 Å². The van der Waals surface area contributed by atoms with Gasteiger partial charge in [0.05, 0.1) is 12.1 Å². The molecule has 0 atom stereocenters. The van der Waals surface area contributed by atoms with Crippen molar-refractivity contribution in [3.8, 4) is 0 Å². The number of hydrogen-bond donors (Lipinski definition) is 1. The molecule has 5 nitrogen and oxygen atoms in total. The van der Waals surface area contributed by atoms with Gasteiger partial charge in [0.25, 0.3) is 0 Å². The summed E-state index contributed by atoms with van der Waals surface area (Å²) in [6, 6.07) is 0. The van der Waals surface area contributed by atoms with Crippen molar-refractivity contribution in [3.63, 3.8) is 0 Å². The Labute approximate surface area is 94.4 Å². The van der Waals surface area contributed by atoms with Crippen LogP contribution in [0.15, 0.2) is 0 Å². The van der Waals surface area contributed by atoms with Gasteiger partial charge in [-0.3, -0.25) is 14.5 Å². The first-order valence-electron chi connectivity index (χ1n) is 5.74. The maximum Gasteiger partial charge on any atom is 0.229 e. The number of carbonyl (C=O) groups is 2. The first kappa shape index (κ1) is 11.5. The van der Waals surface area contributed by atoms with Crippen LogP contribution in [0.2, 0.25) is 0 Å². The Morgan fingerprint density at radius 2 is 1.75 bits per heavy atom. The van der Waals surface area contributed by atoms with Gasteiger partial charge in [0.1, 0.15) is 0 Å². The highest BCUT2D eigenvalue weighted by molar-refractivity contribution is 5.97. The van der Waals surface area contributed by atoms with E-state index in [1.165, 1.54) is 4.90 Å². The first-order valence-corrected chi connectivity index (χ1v) is 5.74. The van der Waals surface area contributed by atoms with Gasteiger partial charge < -0.3 is 9.84 Å². The van der Waals surface area contributed by atoms with Crippen molar-refractivity contribution in [1.82, 2.24) is 4.90 Å². The molecule has 2 heterocycles. The number of hydrogen-bond acceptors (Lipinski definition) is 4. The van der Waals surface area contributed by atoms with Crippen molar-refractivity contribution in [3.05, 3.63) is 0 Å². The maximum absolute atomic E-state index is 11.6. The van der Waals surface area contributed by atoms with Crippen LogP contribution in [0.5, 0.6) is 0 Å². The zero-order valence-electron chi connectivity index (χ0n) is 9.28. The second kappa shape index (κ2) is 4.51. The Morgan fingerprint density at radius 3 is 2.31 bits per heavy atom. The zero-order valence-corrected chi connectivity index (χ0v) is 9.28. The molecule has 2 aliphatic rings. The first-order chi connectivity index (χ1) is 7.61. The molecule has 0 aromatic rings. The lowest BCUT2D eigenvalue weighted by Gasteiger charge is -2.37. The van der Waals surface area contributed by atoms with E-state index in [2.05, 4.69) is 0 Å². The predicted octanol–water partition coefficient (Wildman–Crippen LogP) is 0.0670. The van der Waals surface area contributed by atoms with Gasteiger partial charge in [-0.25, -0.2) is 0 Å². The van der Waals surface area contributed by atoms with Crippen LogP contribution in [0.25, 0.3) is 0 Å². The molecular formula is C11H17NO4. The van der Waals surface area contributed by atoms with E-state index in [0.717, 1.165) is 0 Å². The van der Waals surface area contributed by atoms with Crippen molar-refractivity contribution < 1.29 is 19.4 Å². The van der Waals surface area contributed by atoms with Crippen molar-refractivity contribution in [2.24, 2.45) is 0 Å². The number of imide groups is 1. The number of rotatable bonds is 2. The molecule has 2 amide bonds. The standard InChI is InChI=1S/C11H17NO4/c13-9-2-1-3-10(14)12(9)8-11(15)4-6-16-7-5-11/h15H,1-8H2. The molecule has 0 aromatic carbocycles. The highest BCUT2D eigenvalue weighted by Crippen LogP contribution is 2.24. The fourth-order valence-electron chi connectivity index (χ4n) is 2.18. The molecule has 0 aromatic heterocycles. The summed E-state index contributed by atoms with van der Waals surface area (Å²) in [7, 11) is 0. The summed E-state index contributed by atoms with van der Waals surface area (Å²) in [5.41, 5.74) is -0.944. The summed E-state index contributed by atoms with van der Waals surface area (Å²) < 4.78 is 5.16. The third-order valence-corrected chi connectivity index (χ3v) is 3.26. The van der Waals surface area contributed by atoms with E-state index in [0.29, 0.717) is 45.3 Å². The van der Waals surface area contributed by atoms with E-state index in [4.69, 9.17) is 4.74 Å². The van der Waals surface area contributed by atoms with E-state index in [-0.39, 0.29) is 18.4 Å². The number of aliphatic hydroxyl groups is 1. The van der Waals surface area contributed by atoms with E-state index in [1.54, 1.807) is 0 Å². The Bertz CT molecular complexity index is 280. The number of nitrogens with zero attached hydrogens (tertiary/aromatic N) is 1. The quantitative estimate of drug-likeness (QED) is 0.678. The van der Waals surface area contributed by atoms with Crippen LogP contribution < -0.4 is 0 Å². The Hall–Kier alpha value is -0.940. The second-order valence-electron chi connectivity index (χ2n) is 4.56. The van der Waals surface area contributed by atoms with Crippen molar-refractivity contribution in [2.75, 3.05) is 19.8 Å². The van der Waals surface area contributed by atoms with Crippen LogP contribution in [0, 0.1) is 0 Å². The number of carbonyl (C=O) groups excluding carboxylic acids is 2. The second-order valence-corrected chi connectivity index (χ2v) is 4.56. The molecule has 5 heteroatoms. The van der Waals surface area contributed by atoms with Gasteiger partial charge in [0.15, 0.2) is 0 Å². The van der Waals surface area contributed by atoms with Gasteiger partial charge >= 0.3 is 0 Å². The molecule has 0 bridgehead atoms. The molecule has 0 spiro atoms. The van der Waals surface area contributed by atoms with Crippen molar-refractivity contribution in [1.29, 1.82) is 0 Å². The van der Waals surface area contributed by atoms with Crippen molar-refractivity contribution >= 4 is 11.8 Å². The molecule has 2 rings (SSSR count). The maximum atomic E-state index is 11.6. The molecule has 0 saturated carbocycles. The van der Waals surface area contributed by atoms with Gasteiger partial charge in [-0.15, -0.1) is 0 Å². The lowest BCUT2D eigenvalue weighted by molar-refractivity contribution is -0.155. The van der Waals surface area contributed by atoms with Gasteiger partial charge in [-0.1, -0.05) is 0 Å². The Kier molecular flexibility index (Phi) is 3.25. The van der Waals surface area contributed by atoms with Crippen LogP contribution in [-0.2, 0) is 14.3 Å². The summed E-state index contributed by atoms with van der Waals surface area (Å²) >= 11 is 0.